The van der Waals surface area contributed by atoms with Crippen LogP contribution in [0.2, 0.25) is 0 Å². The zero-order valence-electron chi connectivity index (χ0n) is 13.7. The average Bonchev–Trinajstić information content (AvgIpc) is 2.97. The topological polar surface area (TPSA) is 44.5 Å². The highest BCUT2D eigenvalue weighted by Gasteiger charge is 2.48. The molecule has 122 valence electrons. The smallest absolute Gasteiger partial charge is 0.0835 e. The molecule has 0 aromatic rings. The summed E-state index contributed by atoms with van der Waals surface area (Å²) in [6.45, 7) is 3.81. The Hall–Kier alpha value is -0.120. The Morgan fingerprint density at radius 2 is 1.76 bits per heavy atom. The van der Waals surface area contributed by atoms with Crippen molar-refractivity contribution in [1.82, 2.24) is 0 Å². The first-order valence-electron chi connectivity index (χ1n) is 9.23. The molecule has 0 amide bonds. The molecule has 3 fully saturated rings. The minimum absolute atomic E-state index is 0.0351. The minimum Gasteiger partial charge on any atom is -0.375 e. The molecule has 0 aromatic heterocycles. The molecule has 2 atom stereocenters. The van der Waals surface area contributed by atoms with Gasteiger partial charge >= 0.3 is 0 Å². The van der Waals surface area contributed by atoms with Gasteiger partial charge in [-0.05, 0) is 51.4 Å². The summed E-state index contributed by atoms with van der Waals surface area (Å²) in [6, 6.07) is 0.197. The number of rotatable bonds is 4. The van der Waals surface area contributed by atoms with Crippen LogP contribution in [0.25, 0.3) is 0 Å². The van der Waals surface area contributed by atoms with Gasteiger partial charge in [-0.1, -0.05) is 32.1 Å². The highest BCUT2D eigenvalue weighted by Crippen LogP contribution is 2.45. The van der Waals surface area contributed by atoms with E-state index in [2.05, 4.69) is 6.92 Å². The van der Waals surface area contributed by atoms with Crippen molar-refractivity contribution < 1.29 is 9.47 Å². The van der Waals surface area contributed by atoms with E-state index in [1.54, 1.807) is 0 Å². The Morgan fingerprint density at radius 3 is 2.43 bits per heavy atom. The van der Waals surface area contributed by atoms with Crippen LogP contribution in [0, 0.1) is 5.92 Å². The van der Waals surface area contributed by atoms with E-state index in [0.717, 1.165) is 32.5 Å². The van der Waals surface area contributed by atoms with Gasteiger partial charge in [0.1, 0.15) is 0 Å². The standard InChI is InChI=1S/C18H33NO2/c1-2-20-18(11-6-7-12-18)16(19)15-8-13-21-17(14-15)9-4-3-5-10-17/h15-16H,2-14,19H2,1H3. The second-order valence-electron chi connectivity index (χ2n) is 7.58. The summed E-state index contributed by atoms with van der Waals surface area (Å²) < 4.78 is 12.5. The van der Waals surface area contributed by atoms with Gasteiger partial charge in [0, 0.05) is 19.3 Å². The van der Waals surface area contributed by atoms with E-state index in [1.165, 1.54) is 51.4 Å². The molecule has 0 aromatic carbocycles. The largest absolute Gasteiger partial charge is 0.375 e. The minimum atomic E-state index is -0.0351. The third kappa shape index (κ3) is 3.16. The van der Waals surface area contributed by atoms with E-state index >= 15 is 0 Å². The molecule has 2 unspecified atom stereocenters. The number of ether oxygens (including phenoxy) is 2. The second kappa shape index (κ2) is 6.55. The van der Waals surface area contributed by atoms with E-state index in [4.69, 9.17) is 15.2 Å². The summed E-state index contributed by atoms with van der Waals surface area (Å²) in [5, 5.41) is 0. The Morgan fingerprint density at radius 1 is 1.10 bits per heavy atom. The molecule has 2 saturated carbocycles. The molecule has 0 radical (unpaired) electrons. The molecule has 2 aliphatic carbocycles. The van der Waals surface area contributed by atoms with Crippen LogP contribution in [-0.2, 0) is 9.47 Å². The Labute approximate surface area is 129 Å². The molecule has 1 aliphatic heterocycles. The van der Waals surface area contributed by atoms with Crippen molar-refractivity contribution in [3.8, 4) is 0 Å². The summed E-state index contributed by atoms with van der Waals surface area (Å²) in [5.74, 6) is 0.585. The first kappa shape index (κ1) is 15.8. The Bertz CT molecular complexity index is 327. The summed E-state index contributed by atoms with van der Waals surface area (Å²) in [7, 11) is 0. The normalized spacial score (nSPS) is 33.1. The van der Waals surface area contributed by atoms with E-state index in [0.29, 0.717) is 5.92 Å². The summed E-state index contributed by atoms with van der Waals surface area (Å²) in [5.41, 5.74) is 6.91. The van der Waals surface area contributed by atoms with E-state index < -0.39 is 0 Å². The Balaban J connectivity index is 1.69. The van der Waals surface area contributed by atoms with Gasteiger partial charge in [-0.15, -0.1) is 0 Å². The first-order chi connectivity index (χ1) is 10.2. The van der Waals surface area contributed by atoms with Crippen LogP contribution in [-0.4, -0.2) is 30.5 Å². The molecule has 3 nitrogen and oxygen atoms in total. The number of hydrogen-bond acceptors (Lipinski definition) is 3. The number of nitrogens with two attached hydrogens (primary N) is 1. The van der Waals surface area contributed by atoms with Gasteiger partial charge in [-0.2, -0.15) is 0 Å². The van der Waals surface area contributed by atoms with Crippen molar-refractivity contribution in [2.45, 2.75) is 94.8 Å². The van der Waals surface area contributed by atoms with Crippen LogP contribution < -0.4 is 5.73 Å². The van der Waals surface area contributed by atoms with Crippen molar-refractivity contribution in [2.24, 2.45) is 11.7 Å². The lowest BCUT2D eigenvalue weighted by Crippen LogP contribution is -2.56. The average molecular weight is 295 g/mol. The van der Waals surface area contributed by atoms with Crippen LogP contribution in [0.1, 0.15) is 77.6 Å². The van der Waals surface area contributed by atoms with Gasteiger partial charge in [-0.25, -0.2) is 0 Å². The SMILES string of the molecule is CCOC1(C(N)C2CCOC3(CCCCC3)C2)CCCC1. The van der Waals surface area contributed by atoms with E-state index in [-0.39, 0.29) is 17.2 Å². The summed E-state index contributed by atoms with van der Waals surface area (Å²) in [4.78, 5) is 0. The van der Waals surface area contributed by atoms with Gasteiger partial charge in [0.15, 0.2) is 0 Å². The summed E-state index contributed by atoms with van der Waals surface area (Å²) >= 11 is 0. The third-order valence-electron chi connectivity index (χ3n) is 6.29. The molecule has 3 aliphatic rings. The van der Waals surface area contributed by atoms with Crippen molar-refractivity contribution >= 4 is 0 Å². The molecule has 2 N–H and O–H groups in total. The molecule has 3 rings (SSSR count). The van der Waals surface area contributed by atoms with E-state index in [9.17, 15) is 0 Å². The molecule has 1 spiro atoms. The maximum absolute atomic E-state index is 6.78. The maximum Gasteiger partial charge on any atom is 0.0835 e. The predicted molar refractivity (Wildman–Crippen MR) is 85.3 cm³/mol. The fraction of sp³-hybridized carbons (Fsp3) is 1.00. The molecule has 3 heteroatoms. The fourth-order valence-electron chi connectivity index (χ4n) is 5.18. The van der Waals surface area contributed by atoms with Crippen LogP contribution in [0.15, 0.2) is 0 Å². The Kier molecular flexibility index (Phi) is 4.92. The fourth-order valence-corrected chi connectivity index (χ4v) is 5.18. The van der Waals surface area contributed by atoms with Gasteiger partial charge < -0.3 is 15.2 Å². The molecule has 1 heterocycles. The highest BCUT2D eigenvalue weighted by atomic mass is 16.5. The van der Waals surface area contributed by atoms with Crippen molar-refractivity contribution in [3.05, 3.63) is 0 Å². The second-order valence-corrected chi connectivity index (χ2v) is 7.58. The molecular weight excluding hydrogens is 262 g/mol. The van der Waals surface area contributed by atoms with Gasteiger partial charge in [-0.3, -0.25) is 0 Å². The van der Waals surface area contributed by atoms with Crippen LogP contribution in [0.5, 0.6) is 0 Å². The maximum atomic E-state index is 6.78. The lowest BCUT2D eigenvalue weighted by atomic mass is 9.71. The van der Waals surface area contributed by atoms with Crippen LogP contribution in [0.4, 0.5) is 0 Å². The first-order valence-corrected chi connectivity index (χ1v) is 9.23. The number of hydrogen-bond donors (Lipinski definition) is 1. The van der Waals surface area contributed by atoms with E-state index in [1.807, 2.05) is 0 Å². The summed E-state index contributed by atoms with van der Waals surface area (Å²) in [6.07, 6.45) is 13.7. The zero-order chi connectivity index (χ0) is 14.8. The van der Waals surface area contributed by atoms with Crippen molar-refractivity contribution in [2.75, 3.05) is 13.2 Å². The monoisotopic (exact) mass is 295 g/mol. The molecule has 21 heavy (non-hydrogen) atoms. The van der Waals surface area contributed by atoms with Crippen molar-refractivity contribution in [1.29, 1.82) is 0 Å². The predicted octanol–water partition coefficient (Wildman–Crippen LogP) is 3.79. The van der Waals surface area contributed by atoms with Gasteiger partial charge in [0.05, 0.1) is 11.2 Å². The van der Waals surface area contributed by atoms with Crippen molar-refractivity contribution in [3.63, 3.8) is 0 Å². The lowest BCUT2D eigenvalue weighted by Gasteiger charge is -2.48. The van der Waals surface area contributed by atoms with Crippen LogP contribution in [0.3, 0.4) is 0 Å². The quantitative estimate of drug-likeness (QED) is 0.858. The lowest BCUT2D eigenvalue weighted by molar-refractivity contribution is -0.139. The van der Waals surface area contributed by atoms with Gasteiger partial charge in [0.25, 0.3) is 0 Å². The molecule has 0 bridgehead atoms. The van der Waals surface area contributed by atoms with Gasteiger partial charge in [0.2, 0.25) is 0 Å². The molecular formula is C18H33NO2. The zero-order valence-corrected chi connectivity index (χ0v) is 13.7. The molecule has 1 saturated heterocycles. The third-order valence-corrected chi connectivity index (χ3v) is 6.29. The van der Waals surface area contributed by atoms with Crippen LogP contribution >= 0.6 is 0 Å². The highest BCUT2D eigenvalue weighted by molar-refractivity contribution is 5.02.